The first-order valence-corrected chi connectivity index (χ1v) is 12.1. The Bertz CT molecular complexity index is 556. The van der Waals surface area contributed by atoms with Gasteiger partial charge in [0.25, 0.3) is 0 Å². The highest BCUT2D eigenvalue weighted by Crippen LogP contribution is 2.39. The molecular weight excluding hydrogens is 288 g/mol. The molecule has 122 valence electrons. The van der Waals surface area contributed by atoms with Crippen molar-refractivity contribution in [1.29, 1.82) is 0 Å². The van der Waals surface area contributed by atoms with Gasteiger partial charge in [-0.05, 0) is 42.5 Å². The van der Waals surface area contributed by atoms with Gasteiger partial charge in [0.1, 0.15) is 5.75 Å². The molecule has 1 heterocycles. The topological polar surface area (TPSA) is 18.5 Å². The maximum absolute atomic E-state index is 6.31. The van der Waals surface area contributed by atoms with Crippen molar-refractivity contribution >= 4 is 8.07 Å². The summed E-state index contributed by atoms with van der Waals surface area (Å²) in [5.41, 5.74) is 6.78. The summed E-state index contributed by atoms with van der Waals surface area (Å²) < 4.78 is 12.0. The van der Waals surface area contributed by atoms with Gasteiger partial charge in [0.15, 0.2) is 0 Å². The molecule has 1 aliphatic heterocycles. The highest BCUT2D eigenvalue weighted by atomic mass is 28.3. The number of hydrogen-bond acceptors (Lipinski definition) is 2. The molecule has 2 nitrogen and oxygen atoms in total. The summed E-state index contributed by atoms with van der Waals surface area (Å²) in [6.45, 7) is 17.8. The third-order valence-corrected chi connectivity index (χ3v) is 6.18. The fourth-order valence-corrected chi connectivity index (χ4v) is 3.88. The minimum atomic E-state index is -1.08. The zero-order chi connectivity index (χ0) is 16.3. The molecular formula is C19H30O2Si. The van der Waals surface area contributed by atoms with E-state index in [0.29, 0.717) is 6.61 Å². The number of ether oxygens (including phenoxy) is 2. The Morgan fingerprint density at radius 3 is 2.45 bits per heavy atom. The van der Waals surface area contributed by atoms with E-state index in [-0.39, 0.29) is 0 Å². The van der Waals surface area contributed by atoms with Crippen LogP contribution in [0.3, 0.4) is 0 Å². The lowest BCUT2D eigenvalue weighted by Gasteiger charge is -2.22. The monoisotopic (exact) mass is 318 g/mol. The lowest BCUT2D eigenvalue weighted by molar-refractivity contribution is 0.133. The van der Waals surface area contributed by atoms with Crippen LogP contribution >= 0.6 is 0 Å². The first-order valence-electron chi connectivity index (χ1n) is 8.36. The molecule has 2 rings (SSSR count). The minimum Gasteiger partial charge on any atom is -0.493 e. The zero-order valence-corrected chi connectivity index (χ0v) is 15.8. The predicted molar refractivity (Wildman–Crippen MR) is 96.6 cm³/mol. The van der Waals surface area contributed by atoms with Crippen molar-refractivity contribution in [2.45, 2.75) is 65.6 Å². The molecule has 0 fully saturated rings. The zero-order valence-electron chi connectivity index (χ0n) is 14.8. The minimum absolute atomic E-state index is 0.687. The van der Waals surface area contributed by atoms with E-state index in [1.165, 1.54) is 33.9 Å². The van der Waals surface area contributed by atoms with Gasteiger partial charge in [-0.1, -0.05) is 32.6 Å². The molecule has 22 heavy (non-hydrogen) atoms. The molecule has 0 spiro atoms. The highest BCUT2D eigenvalue weighted by Gasteiger charge is 2.25. The smallest absolute Gasteiger partial charge is 0.128 e. The Balaban J connectivity index is 2.41. The fourth-order valence-electron chi connectivity index (χ4n) is 3.17. The maximum atomic E-state index is 6.31. The second-order valence-corrected chi connectivity index (χ2v) is 13.0. The molecule has 0 atom stereocenters. The Morgan fingerprint density at radius 1 is 1.18 bits per heavy atom. The van der Waals surface area contributed by atoms with Crippen molar-refractivity contribution < 1.29 is 9.47 Å². The lowest BCUT2D eigenvalue weighted by atomic mass is 9.89. The first-order chi connectivity index (χ1) is 10.4. The van der Waals surface area contributed by atoms with Crippen LogP contribution in [0.1, 0.15) is 34.7 Å². The lowest BCUT2D eigenvalue weighted by Crippen LogP contribution is -2.23. The van der Waals surface area contributed by atoms with Crippen LogP contribution in [-0.4, -0.2) is 14.7 Å². The van der Waals surface area contributed by atoms with Gasteiger partial charge in [0.2, 0.25) is 0 Å². The summed E-state index contributed by atoms with van der Waals surface area (Å²) in [7, 11) is -1.08. The van der Waals surface area contributed by atoms with Gasteiger partial charge < -0.3 is 9.47 Å². The second kappa shape index (κ2) is 7.01. The van der Waals surface area contributed by atoms with Gasteiger partial charge in [-0.15, -0.1) is 6.58 Å². The third-order valence-electron chi connectivity index (χ3n) is 4.48. The van der Waals surface area contributed by atoms with Gasteiger partial charge >= 0.3 is 0 Å². The van der Waals surface area contributed by atoms with Crippen LogP contribution in [0.15, 0.2) is 12.7 Å². The normalized spacial score (nSPS) is 14.0. The summed E-state index contributed by atoms with van der Waals surface area (Å²) >= 11 is 0. The average Bonchev–Trinajstić information content (AvgIpc) is 2.91. The van der Waals surface area contributed by atoms with Gasteiger partial charge in [-0.3, -0.25) is 0 Å². The molecule has 0 saturated heterocycles. The average molecular weight is 319 g/mol. The van der Waals surface area contributed by atoms with Crippen molar-refractivity contribution in [2.24, 2.45) is 0 Å². The third kappa shape index (κ3) is 3.64. The van der Waals surface area contributed by atoms with Crippen molar-refractivity contribution in [1.82, 2.24) is 0 Å². The first kappa shape index (κ1) is 17.3. The largest absolute Gasteiger partial charge is 0.493 e. The van der Waals surface area contributed by atoms with Crippen molar-refractivity contribution in [3.05, 3.63) is 40.5 Å². The maximum Gasteiger partial charge on any atom is 0.128 e. The van der Waals surface area contributed by atoms with Gasteiger partial charge in [-0.25, -0.2) is 0 Å². The van der Waals surface area contributed by atoms with E-state index in [0.717, 1.165) is 31.8 Å². The van der Waals surface area contributed by atoms with Gasteiger partial charge in [-0.2, -0.15) is 0 Å². The molecule has 0 aromatic heterocycles. The molecule has 0 aliphatic carbocycles. The van der Waals surface area contributed by atoms with Crippen molar-refractivity contribution in [3.8, 4) is 5.75 Å². The Labute approximate surface area is 136 Å². The van der Waals surface area contributed by atoms with Crippen molar-refractivity contribution in [2.75, 3.05) is 6.61 Å². The van der Waals surface area contributed by atoms with Crippen molar-refractivity contribution in [3.63, 3.8) is 0 Å². The predicted octanol–water partition coefficient (Wildman–Crippen LogP) is 5.03. The molecule has 0 bridgehead atoms. The molecule has 0 unspecified atom stereocenters. The highest BCUT2D eigenvalue weighted by molar-refractivity contribution is 6.76. The van der Waals surface area contributed by atoms with E-state index in [2.05, 4.69) is 40.1 Å². The summed E-state index contributed by atoms with van der Waals surface area (Å²) in [4.78, 5) is 0. The molecule has 0 saturated carbocycles. The number of rotatable bonds is 7. The summed E-state index contributed by atoms with van der Waals surface area (Å²) in [5.74, 6) is 1.09. The standard InChI is InChI=1S/C19H30O2Si/c1-7-9-16-15(8-2)14(3)17-12-20-13-18(17)19(16)21-10-11-22(4,5)6/h7H,1,8-13H2,2-6H3. The summed E-state index contributed by atoms with van der Waals surface area (Å²) in [6.07, 6.45) is 3.90. The number of benzene rings is 1. The molecule has 1 aromatic carbocycles. The van der Waals surface area contributed by atoms with Crippen LogP contribution in [0.25, 0.3) is 0 Å². The van der Waals surface area contributed by atoms with Crippen LogP contribution in [0.2, 0.25) is 25.7 Å². The number of hydrogen-bond donors (Lipinski definition) is 0. The van der Waals surface area contributed by atoms with Crippen LogP contribution in [0.5, 0.6) is 5.75 Å². The van der Waals surface area contributed by atoms with E-state index in [1.54, 1.807) is 0 Å². The van der Waals surface area contributed by atoms with Crippen LogP contribution in [-0.2, 0) is 30.8 Å². The number of fused-ring (bicyclic) bond motifs is 1. The Morgan fingerprint density at radius 2 is 1.86 bits per heavy atom. The molecule has 1 aromatic rings. The van der Waals surface area contributed by atoms with E-state index in [4.69, 9.17) is 9.47 Å². The molecule has 0 N–H and O–H groups in total. The van der Waals surface area contributed by atoms with Gasteiger partial charge in [0.05, 0.1) is 19.8 Å². The van der Waals surface area contributed by atoms with E-state index in [9.17, 15) is 0 Å². The SMILES string of the molecule is C=CCc1c(CC)c(C)c2c(c1OCC[Si](C)(C)C)COC2. The second-order valence-electron chi connectivity index (χ2n) is 7.37. The number of allylic oxidation sites excluding steroid dienone is 1. The van der Waals surface area contributed by atoms with E-state index in [1.807, 2.05) is 6.08 Å². The summed E-state index contributed by atoms with van der Waals surface area (Å²) in [5, 5.41) is 0. The van der Waals surface area contributed by atoms with Crippen LogP contribution in [0.4, 0.5) is 0 Å². The van der Waals surface area contributed by atoms with E-state index >= 15 is 0 Å². The molecule has 1 aliphatic rings. The van der Waals surface area contributed by atoms with Crippen LogP contribution < -0.4 is 4.74 Å². The Hall–Kier alpha value is -1.06. The summed E-state index contributed by atoms with van der Waals surface area (Å²) in [6, 6.07) is 1.19. The van der Waals surface area contributed by atoms with Crippen LogP contribution in [0, 0.1) is 6.92 Å². The Kier molecular flexibility index (Phi) is 5.51. The fraction of sp³-hybridized carbons (Fsp3) is 0.579. The quantitative estimate of drug-likeness (QED) is 0.518. The van der Waals surface area contributed by atoms with E-state index < -0.39 is 8.07 Å². The molecule has 0 amide bonds. The molecule has 0 radical (unpaired) electrons. The van der Waals surface area contributed by atoms with Gasteiger partial charge in [0, 0.05) is 19.2 Å². The molecule has 3 heteroatoms.